The molecule has 2 aromatic heterocycles. The van der Waals surface area contributed by atoms with E-state index in [1.165, 1.54) is 19.4 Å². The molecule has 0 bridgehead atoms. The summed E-state index contributed by atoms with van der Waals surface area (Å²) in [7, 11) is 2.17. The molecule has 20 heavy (non-hydrogen) atoms. The van der Waals surface area contributed by atoms with Crippen LogP contribution >= 0.6 is 0 Å². The molecular formula is C15H21N5. The van der Waals surface area contributed by atoms with Gasteiger partial charge in [-0.15, -0.1) is 0 Å². The van der Waals surface area contributed by atoms with Gasteiger partial charge in [-0.05, 0) is 52.4 Å². The van der Waals surface area contributed by atoms with Crippen molar-refractivity contribution in [2.45, 2.75) is 32.6 Å². The number of nitrogens with zero attached hydrogens (tertiary/aromatic N) is 4. The van der Waals surface area contributed by atoms with Crippen LogP contribution in [0.4, 0.5) is 0 Å². The summed E-state index contributed by atoms with van der Waals surface area (Å²) in [6, 6.07) is 4.03. The van der Waals surface area contributed by atoms with Crippen LogP contribution in [0.2, 0.25) is 0 Å². The van der Waals surface area contributed by atoms with Gasteiger partial charge in [0.15, 0.2) is 0 Å². The first-order chi connectivity index (χ1) is 9.61. The number of nitrogens with one attached hydrogen (secondary N) is 1. The molecule has 1 saturated heterocycles. The predicted octanol–water partition coefficient (Wildman–Crippen LogP) is 2.29. The van der Waals surface area contributed by atoms with Crippen molar-refractivity contribution in [3.8, 4) is 11.4 Å². The Morgan fingerprint density at radius 3 is 2.75 bits per heavy atom. The smallest absolute Gasteiger partial charge is 0.133 e. The molecule has 1 atom stereocenters. The molecule has 1 N–H and O–H groups in total. The van der Waals surface area contributed by atoms with Crippen molar-refractivity contribution in [1.29, 1.82) is 0 Å². The van der Waals surface area contributed by atoms with E-state index in [1.807, 2.05) is 26.0 Å². The minimum atomic E-state index is 0.437. The molecule has 0 aromatic carbocycles. The van der Waals surface area contributed by atoms with Crippen LogP contribution in [0.15, 0.2) is 12.1 Å². The van der Waals surface area contributed by atoms with Gasteiger partial charge in [0.25, 0.3) is 0 Å². The lowest BCUT2D eigenvalue weighted by Crippen LogP contribution is -2.31. The van der Waals surface area contributed by atoms with E-state index in [0.717, 1.165) is 35.1 Å². The number of aromatic nitrogens is 4. The molecule has 0 spiro atoms. The third-order valence-corrected chi connectivity index (χ3v) is 3.83. The molecular weight excluding hydrogens is 250 g/mol. The van der Waals surface area contributed by atoms with Gasteiger partial charge in [-0.2, -0.15) is 5.10 Å². The molecule has 5 nitrogen and oxygen atoms in total. The van der Waals surface area contributed by atoms with Crippen LogP contribution in [0.25, 0.3) is 11.4 Å². The number of likely N-dealkylation sites (N-methyl/N-ethyl adjacent to an activating group) is 1. The van der Waals surface area contributed by atoms with Crippen molar-refractivity contribution < 1.29 is 0 Å². The van der Waals surface area contributed by atoms with E-state index in [-0.39, 0.29) is 0 Å². The highest BCUT2D eigenvalue weighted by atomic mass is 15.1. The maximum atomic E-state index is 4.76. The van der Waals surface area contributed by atoms with Crippen molar-refractivity contribution in [2.24, 2.45) is 0 Å². The zero-order valence-electron chi connectivity index (χ0n) is 12.3. The minimum absolute atomic E-state index is 0.437. The van der Waals surface area contributed by atoms with E-state index >= 15 is 0 Å². The largest absolute Gasteiger partial charge is 0.306 e. The summed E-state index contributed by atoms with van der Waals surface area (Å²) in [5, 5.41) is 7.28. The van der Waals surface area contributed by atoms with Crippen LogP contribution in [-0.4, -0.2) is 45.2 Å². The highest BCUT2D eigenvalue weighted by molar-refractivity contribution is 5.54. The molecule has 3 heterocycles. The molecule has 106 valence electrons. The number of piperidine rings is 1. The topological polar surface area (TPSA) is 57.7 Å². The van der Waals surface area contributed by atoms with Crippen LogP contribution in [0.1, 0.15) is 36.0 Å². The lowest BCUT2D eigenvalue weighted by molar-refractivity contribution is 0.246. The van der Waals surface area contributed by atoms with Crippen LogP contribution in [0, 0.1) is 13.8 Å². The van der Waals surface area contributed by atoms with E-state index in [1.54, 1.807) is 0 Å². The van der Waals surface area contributed by atoms with E-state index in [2.05, 4.69) is 27.1 Å². The van der Waals surface area contributed by atoms with Gasteiger partial charge in [-0.25, -0.2) is 9.97 Å². The van der Waals surface area contributed by atoms with Gasteiger partial charge in [0.2, 0.25) is 0 Å². The summed E-state index contributed by atoms with van der Waals surface area (Å²) in [6.07, 6.45) is 2.39. The summed E-state index contributed by atoms with van der Waals surface area (Å²) in [6.45, 7) is 6.25. The molecule has 0 amide bonds. The fourth-order valence-electron chi connectivity index (χ4n) is 2.83. The fourth-order valence-corrected chi connectivity index (χ4v) is 2.83. The number of aromatic amines is 1. The maximum absolute atomic E-state index is 4.76. The standard InChI is InChI=1S/C15H21N5/c1-10-7-13(14-8-11(2)18-19-14)17-15(16-10)12-5-4-6-20(3)9-12/h7-8,12H,4-6,9H2,1-3H3,(H,18,19)/t12-/m0/s1. The molecule has 1 aliphatic heterocycles. The summed E-state index contributed by atoms with van der Waals surface area (Å²) in [5.74, 6) is 1.40. The summed E-state index contributed by atoms with van der Waals surface area (Å²) in [4.78, 5) is 11.8. The summed E-state index contributed by atoms with van der Waals surface area (Å²) in [5.41, 5.74) is 3.89. The first-order valence-electron chi connectivity index (χ1n) is 7.18. The van der Waals surface area contributed by atoms with E-state index in [9.17, 15) is 0 Å². The van der Waals surface area contributed by atoms with Crippen molar-refractivity contribution >= 4 is 0 Å². The van der Waals surface area contributed by atoms with Gasteiger partial charge in [0, 0.05) is 23.9 Å². The van der Waals surface area contributed by atoms with Crippen LogP contribution < -0.4 is 0 Å². The predicted molar refractivity (Wildman–Crippen MR) is 78.6 cm³/mol. The Kier molecular flexibility index (Phi) is 3.53. The third-order valence-electron chi connectivity index (χ3n) is 3.83. The molecule has 1 aliphatic rings. The SMILES string of the molecule is Cc1cc(-c2cc(C)[nH]n2)nc([C@H]2CCCN(C)C2)n1. The third kappa shape index (κ3) is 2.72. The molecule has 0 unspecified atom stereocenters. The fraction of sp³-hybridized carbons (Fsp3) is 0.533. The van der Waals surface area contributed by atoms with Gasteiger partial charge in [0.1, 0.15) is 11.5 Å². The Morgan fingerprint density at radius 2 is 2.05 bits per heavy atom. The Bertz CT molecular complexity index is 604. The van der Waals surface area contributed by atoms with E-state index < -0.39 is 0 Å². The molecule has 5 heteroatoms. The lowest BCUT2D eigenvalue weighted by atomic mass is 9.97. The minimum Gasteiger partial charge on any atom is -0.306 e. The highest BCUT2D eigenvalue weighted by Crippen LogP contribution is 2.26. The number of rotatable bonds is 2. The Hall–Kier alpha value is -1.75. The van der Waals surface area contributed by atoms with E-state index in [0.29, 0.717) is 5.92 Å². The second-order valence-electron chi connectivity index (χ2n) is 5.79. The summed E-state index contributed by atoms with van der Waals surface area (Å²) < 4.78 is 0. The summed E-state index contributed by atoms with van der Waals surface area (Å²) >= 11 is 0. The maximum Gasteiger partial charge on any atom is 0.133 e. The van der Waals surface area contributed by atoms with Crippen molar-refractivity contribution in [1.82, 2.24) is 25.1 Å². The first-order valence-corrected chi connectivity index (χ1v) is 7.18. The highest BCUT2D eigenvalue weighted by Gasteiger charge is 2.22. The number of hydrogen-bond acceptors (Lipinski definition) is 4. The average molecular weight is 271 g/mol. The number of aryl methyl sites for hydroxylation is 2. The lowest BCUT2D eigenvalue weighted by Gasteiger charge is -2.28. The zero-order valence-corrected chi connectivity index (χ0v) is 12.3. The van der Waals surface area contributed by atoms with Gasteiger partial charge in [-0.1, -0.05) is 0 Å². The molecule has 0 radical (unpaired) electrons. The van der Waals surface area contributed by atoms with Crippen LogP contribution in [0.3, 0.4) is 0 Å². The quantitative estimate of drug-likeness (QED) is 0.910. The number of likely N-dealkylation sites (tertiary alicyclic amines) is 1. The van der Waals surface area contributed by atoms with Crippen molar-refractivity contribution in [2.75, 3.05) is 20.1 Å². The van der Waals surface area contributed by atoms with E-state index in [4.69, 9.17) is 4.98 Å². The molecule has 3 rings (SSSR count). The normalized spacial score (nSPS) is 20.2. The van der Waals surface area contributed by atoms with Crippen molar-refractivity contribution in [3.63, 3.8) is 0 Å². The first kappa shape index (κ1) is 13.2. The Labute approximate surface area is 119 Å². The zero-order chi connectivity index (χ0) is 14.1. The molecule has 2 aromatic rings. The molecule has 1 fully saturated rings. The van der Waals surface area contributed by atoms with Crippen molar-refractivity contribution in [3.05, 3.63) is 29.3 Å². The van der Waals surface area contributed by atoms with Gasteiger partial charge >= 0.3 is 0 Å². The molecule has 0 aliphatic carbocycles. The Balaban J connectivity index is 1.94. The van der Waals surface area contributed by atoms with Crippen LogP contribution in [0.5, 0.6) is 0 Å². The van der Waals surface area contributed by atoms with Crippen LogP contribution in [-0.2, 0) is 0 Å². The monoisotopic (exact) mass is 271 g/mol. The Morgan fingerprint density at radius 1 is 1.20 bits per heavy atom. The number of hydrogen-bond donors (Lipinski definition) is 1. The number of H-pyrrole nitrogens is 1. The van der Waals surface area contributed by atoms with Gasteiger partial charge in [-0.3, -0.25) is 5.10 Å². The van der Waals surface area contributed by atoms with Gasteiger partial charge < -0.3 is 4.90 Å². The second kappa shape index (κ2) is 5.32. The second-order valence-corrected chi connectivity index (χ2v) is 5.79. The average Bonchev–Trinajstić information content (AvgIpc) is 2.85. The molecule has 0 saturated carbocycles. The van der Waals surface area contributed by atoms with Gasteiger partial charge in [0.05, 0.1) is 5.69 Å².